The minimum absolute atomic E-state index is 0.523. The molecule has 0 radical (unpaired) electrons. The van der Waals surface area contributed by atoms with E-state index in [0.29, 0.717) is 5.95 Å². The molecular formula is C30H38N8O. The normalized spacial score (nSPS) is 17.2. The Morgan fingerprint density at radius 3 is 2.64 bits per heavy atom. The van der Waals surface area contributed by atoms with E-state index in [9.17, 15) is 5.11 Å². The van der Waals surface area contributed by atoms with Gasteiger partial charge in [0.1, 0.15) is 0 Å². The highest BCUT2D eigenvalue weighted by atomic mass is 16.3. The zero-order valence-corrected chi connectivity index (χ0v) is 23.1. The fourth-order valence-corrected chi connectivity index (χ4v) is 5.84. The van der Waals surface area contributed by atoms with Crippen LogP contribution in [0.15, 0.2) is 42.6 Å². The summed E-state index contributed by atoms with van der Waals surface area (Å²) in [5, 5.41) is 26.7. The predicted molar refractivity (Wildman–Crippen MR) is 156 cm³/mol. The van der Waals surface area contributed by atoms with Gasteiger partial charge >= 0.3 is 0 Å². The van der Waals surface area contributed by atoms with Crippen LogP contribution in [0.5, 0.6) is 0 Å². The standard InChI is InChI=1S/C30H38N8O/c1-20-5-4-6-21(2)26(20)34-27-25-18-32-29(35-28(25)37(3)36-27)33-24-8-7-22-9-15-38(19-23(22)17-24)16-12-30(39)10-13-31-14-11-30/h4-8,17-18,31,39H,9-16,19H2,1-3H3,(H,34,36)(H,32,33,35). The molecule has 9 heteroatoms. The van der Waals surface area contributed by atoms with E-state index in [4.69, 9.17) is 4.98 Å². The number of benzene rings is 2. The number of aryl methyl sites for hydroxylation is 3. The Bertz CT molecular complexity index is 1470. The van der Waals surface area contributed by atoms with Crippen LogP contribution in [0, 0.1) is 13.8 Å². The van der Waals surface area contributed by atoms with Crippen LogP contribution < -0.4 is 16.0 Å². The van der Waals surface area contributed by atoms with E-state index in [1.807, 2.05) is 13.2 Å². The molecule has 4 heterocycles. The van der Waals surface area contributed by atoms with E-state index in [0.717, 1.165) is 86.6 Å². The second-order valence-corrected chi connectivity index (χ2v) is 11.2. The Morgan fingerprint density at radius 1 is 1.05 bits per heavy atom. The summed E-state index contributed by atoms with van der Waals surface area (Å²) in [5.74, 6) is 1.30. The van der Waals surface area contributed by atoms with Crippen molar-refractivity contribution in [1.29, 1.82) is 0 Å². The second-order valence-electron chi connectivity index (χ2n) is 11.2. The van der Waals surface area contributed by atoms with Gasteiger partial charge < -0.3 is 21.1 Å². The molecule has 2 aliphatic heterocycles. The van der Waals surface area contributed by atoms with Gasteiger partial charge in [-0.3, -0.25) is 4.90 Å². The highest BCUT2D eigenvalue weighted by Crippen LogP contribution is 2.30. The fraction of sp³-hybridized carbons (Fsp3) is 0.433. The molecule has 39 heavy (non-hydrogen) atoms. The number of aliphatic hydroxyl groups is 1. The van der Waals surface area contributed by atoms with Crippen molar-refractivity contribution in [3.63, 3.8) is 0 Å². The van der Waals surface area contributed by atoms with Crippen LogP contribution in [0.4, 0.5) is 23.1 Å². The van der Waals surface area contributed by atoms with Gasteiger partial charge in [0.05, 0.1) is 11.0 Å². The molecule has 0 bridgehead atoms. The van der Waals surface area contributed by atoms with Crippen molar-refractivity contribution < 1.29 is 5.11 Å². The van der Waals surface area contributed by atoms with Crippen LogP contribution in [0.3, 0.4) is 0 Å². The number of rotatable bonds is 7. The van der Waals surface area contributed by atoms with Crippen LogP contribution in [0.25, 0.3) is 11.0 Å². The molecule has 0 aliphatic carbocycles. The molecule has 2 aromatic heterocycles. The van der Waals surface area contributed by atoms with Crippen molar-refractivity contribution in [1.82, 2.24) is 30.0 Å². The Labute approximate surface area is 229 Å². The maximum Gasteiger partial charge on any atom is 0.229 e. The number of piperidine rings is 1. The molecule has 204 valence electrons. The lowest BCUT2D eigenvalue weighted by Gasteiger charge is -2.36. The third-order valence-corrected chi connectivity index (χ3v) is 8.29. The Hall–Kier alpha value is -3.53. The first kappa shape index (κ1) is 25.7. The van der Waals surface area contributed by atoms with Gasteiger partial charge in [-0.1, -0.05) is 24.3 Å². The summed E-state index contributed by atoms with van der Waals surface area (Å²) in [6.45, 7) is 8.85. The number of nitrogens with one attached hydrogen (secondary N) is 3. The average molecular weight is 527 g/mol. The molecule has 9 nitrogen and oxygen atoms in total. The topological polar surface area (TPSA) is 103 Å². The second kappa shape index (κ2) is 10.6. The molecule has 0 amide bonds. The predicted octanol–water partition coefficient (Wildman–Crippen LogP) is 4.33. The number of nitrogens with zero attached hydrogens (tertiary/aromatic N) is 5. The summed E-state index contributed by atoms with van der Waals surface area (Å²) >= 11 is 0. The number of hydrogen-bond acceptors (Lipinski definition) is 8. The van der Waals surface area contributed by atoms with Crippen molar-refractivity contribution in [2.45, 2.75) is 51.7 Å². The Kier molecular flexibility index (Phi) is 6.97. The smallest absolute Gasteiger partial charge is 0.229 e. The summed E-state index contributed by atoms with van der Waals surface area (Å²) in [6, 6.07) is 12.8. The van der Waals surface area contributed by atoms with Gasteiger partial charge in [-0.05, 0) is 87.0 Å². The minimum Gasteiger partial charge on any atom is -0.390 e. The first-order valence-corrected chi connectivity index (χ1v) is 13.9. The molecule has 2 aromatic carbocycles. The van der Waals surface area contributed by atoms with Crippen LogP contribution >= 0.6 is 0 Å². The number of fused-ring (bicyclic) bond motifs is 2. The average Bonchev–Trinajstić information content (AvgIpc) is 3.24. The quantitative estimate of drug-likeness (QED) is 0.282. The van der Waals surface area contributed by atoms with Crippen molar-refractivity contribution in [2.75, 3.05) is 36.8 Å². The zero-order valence-electron chi connectivity index (χ0n) is 23.1. The van der Waals surface area contributed by atoms with Crippen LogP contribution in [-0.2, 0) is 20.0 Å². The molecule has 2 aliphatic rings. The number of aromatic nitrogens is 4. The van der Waals surface area contributed by atoms with Gasteiger partial charge in [-0.15, -0.1) is 0 Å². The van der Waals surface area contributed by atoms with Crippen LogP contribution in [0.2, 0.25) is 0 Å². The van der Waals surface area contributed by atoms with E-state index < -0.39 is 5.60 Å². The van der Waals surface area contributed by atoms with E-state index in [2.05, 4.69) is 81.2 Å². The molecule has 4 N–H and O–H groups in total. The summed E-state index contributed by atoms with van der Waals surface area (Å²) in [4.78, 5) is 11.9. The largest absolute Gasteiger partial charge is 0.390 e. The van der Waals surface area contributed by atoms with Gasteiger partial charge in [0.2, 0.25) is 5.95 Å². The Balaban J connectivity index is 1.16. The minimum atomic E-state index is -0.523. The first-order valence-electron chi connectivity index (χ1n) is 13.9. The number of hydrogen-bond donors (Lipinski definition) is 4. The summed E-state index contributed by atoms with van der Waals surface area (Å²) < 4.78 is 1.79. The van der Waals surface area contributed by atoms with E-state index >= 15 is 0 Å². The summed E-state index contributed by atoms with van der Waals surface area (Å²) in [7, 11) is 1.91. The van der Waals surface area contributed by atoms with Crippen LogP contribution in [-0.4, -0.2) is 61.5 Å². The lowest BCUT2D eigenvalue weighted by Crippen LogP contribution is -2.44. The maximum absolute atomic E-state index is 10.9. The highest BCUT2D eigenvalue weighted by Gasteiger charge is 2.30. The van der Waals surface area contributed by atoms with Crippen molar-refractivity contribution in [3.8, 4) is 0 Å². The molecule has 6 rings (SSSR count). The van der Waals surface area contributed by atoms with Crippen molar-refractivity contribution in [3.05, 3.63) is 64.8 Å². The lowest BCUT2D eigenvalue weighted by molar-refractivity contribution is -0.00662. The van der Waals surface area contributed by atoms with Gasteiger partial charge in [0, 0.05) is 44.3 Å². The SMILES string of the molecule is Cc1cccc(C)c1Nc1nn(C)c2nc(Nc3ccc4c(c3)CN(CCC3(O)CCNCC3)CC4)ncc12. The van der Waals surface area contributed by atoms with Crippen molar-refractivity contribution in [2.24, 2.45) is 7.05 Å². The maximum atomic E-state index is 10.9. The van der Waals surface area contributed by atoms with Crippen molar-refractivity contribution >= 4 is 34.2 Å². The molecule has 0 saturated carbocycles. The molecular weight excluding hydrogens is 488 g/mol. The first-order chi connectivity index (χ1) is 18.9. The summed E-state index contributed by atoms with van der Waals surface area (Å²) in [5.41, 5.74) is 7.33. The molecule has 0 unspecified atom stereocenters. The third kappa shape index (κ3) is 5.48. The molecule has 4 aromatic rings. The number of anilines is 4. The van der Waals surface area contributed by atoms with Crippen LogP contribution in [0.1, 0.15) is 41.5 Å². The monoisotopic (exact) mass is 526 g/mol. The van der Waals surface area contributed by atoms with Gasteiger partial charge in [0.15, 0.2) is 11.5 Å². The van der Waals surface area contributed by atoms with Gasteiger partial charge in [-0.25, -0.2) is 9.67 Å². The lowest BCUT2D eigenvalue weighted by atomic mass is 9.88. The summed E-state index contributed by atoms with van der Waals surface area (Å²) in [6.07, 6.45) is 5.38. The van der Waals surface area contributed by atoms with E-state index in [1.54, 1.807) is 4.68 Å². The van der Waals surface area contributed by atoms with Gasteiger partial charge in [-0.2, -0.15) is 10.1 Å². The molecule has 1 fully saturated rings. The van der Waals surface area contributed by atoms with E-state index in [-0.39, 0.29) is 0 Å². The molecule has 0 atom stereocenters. The third-order valence-electron chi connectivity index (χ3n) is 8.29. The zero-order chi connectivity index (χ0) is 27.0. The fourth-order valence-electron chi connectivity index (χ4n) is 5.84. The Morgan fingerprint density at radius 2 is 1.85 bits per heavy atom. The molecule has 1 saturated heterocycles. The number of para-hydroxylation sites is 1. The van der Waals surface area contributed by atoms with E-state index in [1.165, 1.54) is 22.3 Å². The highest BCUT2D eigenvalue weighted by molar-refractivity contribution is 5.90. The van der Waals surface area contributed by atoms with Gasteiger partial charge in [0.25, 0.3) is 0 Å². The molecule has 0 spiro atoms.